The molecule has 0 aromatic heterocycles. The van der Waals surface area contributed by atoms with E-state index in [1.54, 1.807) is 0 Å². The van der Waals surface area contributed by atoms with Gasteiger partial charge >= 0.3 is 5.97 Å². The third-order valence-electron chi connectivity index (χ3n) is 2.35. The second-order valence-electron chi connectivity index (χ2n) is 5.84. The van der Waals surface area contributed by atoms with Gasteiger partial charge < -0.3 is 4.74 Å². The second-order valence-corrected chi connectivity index (χ2v) is 6.76. The monoisotopic (exact) mass is 327 g/mol. The van der Waals surface area contributed by atoms with Gasteiger partial charge in [-0.2, -0.15) is 0 Å². The summed E-state index contributed by atoms with van der Waals surface area (Å²) >= 11 is 3.39. The summed E-state index contributed by atoms with van der Waals surface area (Å²) in [5.74, 6) is -0.247. The molecule has 1 aromatic carbocycles. The van der Waals surface area contributed by atoms with E-state index in [0.717, 1.165) is 10.0 Å². The zero-order valence-electron chi connectivity index (χ0n) is 12.2. The predicted molar refractivity (Wildman–Crippen MR) is 81.0 cm³/mol. The summed E-state index contributed by atoms with van der Waals surface area (Å²) in [5, 5.41) is 3.25. The minimum absolute atomic E-state index is 0.196. The summed E-state index contributed by atoms with van der Waals surface area (Å²) in [6.07, 6.45) is 0. The van der Waals surface area contributed by atoms with Crippen molar-refractivity contribution in [3.63, 3.8) is 0 Å². The molecule has 0 aliphatic carbocycles. The first-order valence-corrected chi connectivity index (χ1v) is 7.23. The van der Waals surface area contributed by atoms with Crippen molar-refractivity contribution in [2.75, 3.05) is 0 Å². The Balaban J connectivity index is 2.94. The summed E-state index contributed by atoms with van der Waals surface area (Å²) < 4.78 is 6.46. The Kier molecular flexibility index (Phi) is 5.56. The van der Waals surface area contributed by atoms with Crippen LogP contribution >= 0.6 is 15.9 Å². The van der Waals surface area contributed by atoms with Crippen LogP contribution in [-0.2, 0) is 9.53 Å². The molecular weight excluding hydrogens is 306 g/mol. The second kappa shape index (κ2) is 6.53. The normalized spacial score (nSPS) is 13.4. The van der Waals surface area contributed by atoms with E-state index in [1.807, 2.05) is 58.9 Å². The molecule has 0 heterocycles. The highest BCUT2D eigenvalue weighted by atomic mass is 79.9. The van der Waals surface area contributed by atoms with Crippen LogP contribution in [0.15, 0.2) is 28.7 Å². The minimum atomic E-state index is -0.483. The highest BCUT2D eigenvalue weighted by Crippen LogP contribution is 2.21. The van der Waals surface area contributed by atoms with Crippen molar-refractivity contribution in [2.24, 2.45) is 0 Å². The van der Waals surface area contributed by atoms with Gasteiger partial charge in [-0.15, -0.1) is 0 Å². The number of halogens is 1. The lowest BCUT2D eigenvalue weighted by atomic mass is 10.1. The number of rotatable bonds is 4. The van der Waals surface area contributed by atoms with E-state index in [1.165, 1.54) is 0 Å². The Bertz CT molecular complexity index is 421. The van der Waals surface area contributed by atoms with Gasteiger partial charge in [0.1, 0.15) is 11.6 Å². The first-order valence-electron chi connectivity index (χ1n) is 6.43. The smallest absolute Gasteiger partial charge is 0.328 e. The molecule has 0 aliphatic rings. The Labute approximate surface area is 123 Å². The molecule has 1 N–H and O–H groups in total. The summed E-state index contributed by atoms with van der Waals surface area (Å²) in [6.45, 7) is 9.64. The Morgan fingerprint density at radius 1 is 1.21 bits per heavy atom. The van der Waals surface area contributed by atoms with Gasteiger partial charge in [0.25, 0.3) is 0 Å². The van der Waals surface area contributed by atoms with Crippen LogP contribution in [0.25, 0.3) is 0 Å². The van der Waals surface area contributed by atoms with Crippen LogP contribution < -0.4 is 5.32 Å². The number of esters is 1. The van der Waals surface area contributed by atoms with E-state index >= 15 is 0 Å². The standard InChI is InChI=1S/C15H22BrNO2/c1-10(2)17-13(14(18)19-15(3,4)5)11-6-8-12(16)9-7-11/h6-10,13,17H,1-5H3. The SMILES string of the molecule is CC(C)NC(C(=O)OC(C)(C)C)c1ccc(Br)cc1. The Morgan fingerprint density at radius 3 is 2.16 bits per heavy atom. The number of hydrogen-bond acceptors (Lipinski definition) is 3. The van der Waals surface area contributed by atoms with E-state index in [4.69, 9.17) is 4.74 Å². The van der Waals surface area contributed by atoms with E-state index in [9.17, 15) is 4.79 Å². The van der Waals surface area contributed by atoms with Crippen LogP contribution in [0.3, 0.4) is 0 Å². The number of ether oxygens (including phenoxy) is 1. The van der Waals surface area contributed by atoms with Crippen molar-refractivity contribution in [1.29, 1.82) is 0 Å². The maximum absolute atomic E-state index is 12.3. The molecule has 106 valence electrons. The predicted octanol–water partition coefficient (Wildman–Crippen LogP) is 3.83. The topological polar surface area (TPSA) is 38.3 Å². The highest BCUT2D eigenvalue weighted by Gasteiger charge is 2.26. The first-order chi connectivity index (χ1) is 8.69. The molecule has 1 rings (SSSR count). The molecule has 0 bridgehead atoms. The van der Waals surface area contributed by atoms with Crippen LogP contribution in [0.2, 0.25) is 0 Å². The van der Waals surface area contributed by atoms with Gasteiger partial charge in [-0.3, -0.25) is 5.32 Å². The fraction of sp³-hybridized carbons (Fsp3) is 0.533. The molecule has 0 aliphatic heterocycles. The van der Waals surface area contributed by atoms with Crippen LogP contribution in [-0.4, -0.2) is 17.6 Å². The molecule has 1 atom stereocenters. The van der Waals surface area contributed by atoms with E-state index in [-0.39, 0.29) is 12.0 Å². The fourth-order valence-electron chi connectivity index (χ4n) is 1.65. The summed E-state index contributed by atoms with van der Waals surface area (Å²) in [6, 6.07) is 7.46. The molecule has 0 spiro atoms. The van der Waals surface area contributed by atoms with Crippen LogP contribution in [0, 0.1) is 0 Å². The van der Waals surface area contributed by atoms with Gasteiger partial charge in [-0.1, -0.05) is 28.1 Å². The lowest BCUT2D eigenvalue weighted by Crippen LogP contribution is -2.38. The zero-order chi connectivity index (χ0) is 14.6. The van der Waals surface area contributed by atoms with E-state index in [2.05, 4.69) is 21.2 Å². The molecule has 0 amide bonds. The molecule has 0 fully saturated rings. The third-order valence-corrected chi connectivity index (χ3v) is 2.87. The van der Waals surface area contributed by atoms with Gasteiger partial charge in [0.2, 0.25) is 0 Å². The van der Waals surface area contributed by atoms with Crippen LogP contribution in [0.5, 0.6) is 0 Å². The third kappa shape index (κ3) is 5.74. The molecule has 3 nitrogen and oxygen atoms in total. The minimum Gasteiger partial charge on any atom is -0.459 e. The molecule has 0 saturated heterocycles. The number of carbonyl (C=O) groups is 1. The quantitative estimate of drug-likeness (QED) is 0.854. The number of carbonyl (C=O) groups excluding carboxylic acids is 1. The number of benzene rings is 1. The van der Waals surface area contributed by atoms with Crippen molar-refractivity contribution in [3.8, 4) is 0 Å². The van der Waals surface area contributed by atoms with Crippen molar-refractivity contribution >= 4 is 21.9 Å². The van der Waals surface area contributed by atoms with Crippen LogP contribution in [0.4, 0.5) is 0 Å². The summed E-state index contributed by atoms with van der Waals surface area (Å²) in [4.78, 5) is 12.3. The molecule has 1 unspecified atom stereocenters. The van der Waals surface area contributed by atoms with Crippen LogP contribution in [0.1, 0.15) is 46.2 Å². The van der Waals surface area contributed by atoms with Gasteiger partial charge in [0, 0.05) is 10.5 Å². The van der Waals surface area contributed by atoms with Crippen molar-refractivity contribution in [3.05, 3.63) is 34.3 Å². The van der Waals surface area contributed by atoms with E-state index < -0.39 is 11.6 Å². The summed E-state index contributed by atoms with van der Waals surface area (Å²) in [5.41, 5.74) is 0.426. The van der Waals surface area contributed by atoms with Crippen molar-refractivity contribution < 1.29 is 9.53 Å². The zero-order valence-corrected chi connectivity index (χ0v) is 13.7. The van der Waals surface area contributed by atoms with Gasteiger partial charge in [0.05, 0.1) is 0 Å². The van der Waals surface area contributed by atoms with Gasteiger partial charge in [-0.25, -0.2) is 4.79 Å². The molecule has 1 aromatic rings. The lowest BCUT2D eigenvalue weighted by molar-refractivity contribution is -0.157. The maximum atomic E-state index is 12.3. The number of hydrogen-bond donors (Lipinski definition) is 1. The average molecular weight is 328 g/mol. The van der Waals surface area contributed by atoms with E-state index in [0.29, 0.717) is 0 Å². The summed E-state index contributed by atoms with van der Waals surface area (Å²) in [7, 11) is 0. The first kappa shape index (κ1) is 16.2. The highest BCUT2D eigenvalue weighted by molar-refractivity contribution is 9.10. The molecule has 0 radical (unpaired) electrons. The number of nitrogens with one attached hydrogen (secondary N) is 1. The van der Waals surface area contributed by atoms with Crippen molar-refractivity contribution in [1.82, 2.24) is 5.32 Å². The molecule has 0 saturated carbocycles. The largest absolute Gasteiger partial charge is 0.459 e. The Hall–Kier alpha value is -0.870. The van der Waals surface area contributed by atoms with Gasteiger partial charge in [-0.05, 0) is 52.3 Å². The average Bonchev–Trinajstić information content (AvgIpc) is 2.24. The van der Waals surface area contributed by atoms with Gasteiger partial charge in [0.15, 0.2) is 0 Å². The fourth-order valence-corrected chi connectivity index (χ4v) is 1.91. The molecular formula is C15H22BrNO2. The lowest BCUT2D eigenvalue weighted by Gasteiger charge is -2.26. The Morgan fingerprint density at radius 2 is 1.74 bits per heavy atom. The maximum Gasteiger partial charge on any atom is 0.328 e. The molecule has 19 heavy (non-hydrogen) atoms. The van der Waals surface area contributed by atoms with Crippen molar-refractivity contribution in [2.45, 2.75) is 52.3 Å². The molecule has 4 heteroatoms.